The third kappa shape index (κ3) is 6.61. The number of nitrogens with one attached hydrogen (secondary N) is 1. The van der Waals surface area contributed by atoms with Crippen LogP contribution in [0.25, 0.3) is 0 Å². The Morgan fingerprint density at radius 2 is 2.03 bits per heavy atom. The zero-order chi connectivity index (χ0) is 26.7. The van der Waals surface area contributed by atoms with Crippen molar-refractivity contribution in [2.45, 2.75) is 56.5 Å². The third-order valence-electron chi connectivity index (χ3n) is 4.92. The first-order valence-electron chi connectivity index (χ1n) is 10.9. The Morgan fingerprint density at radius 1 is 1.36 bits per heavy atom. The molecule has 6 atom stereocenters. The lowest BCUT2D eigenvalue weighted by Crippen LogP contribution is -2.41. The molecule has 0 amide bonds. The molecule has 3 rings (SSSR count). The molecule has 36 heavy (non-hydrogen) atoms. The number of halogens is 2. The van der Waals surface area contributed by atoms with Crippen LogP contribution < -0.4 is 21.0 Å². The Bertz CT molecular complexity index is 1170. The van der Waals surface area contributed by atoms with Gasteiger partial charge in [-0.1, -0.05) is 29.8 Å². The van der Waals surface area contributed by atoms with Gasteiger partial charge in [-0.3, -0.25) is 13.9 Å². The molecule has 1 aromatic heterocycles. The van der Waals surface area contributed by atoms with E-state index in [0.29, 0.717) is 0 Å². The number of esters is 1. The van der Waals surface area contributed by atoms with Crippen molar-refractivity contribution < 1.29 is 37.4 Å². The van der Waals surface area contributed by atoms with Gasteiger partial charge in [-0.25, -0.2) is 13.8 Å². The highest BCUT2D eigenvalue weighted by Crippen LogP contribution is 2.48. The first-order chi connectivity index (χ1) is 16.8. The fourth-order valence-corrected chi connectivity index (χ4v) is 5.02. The summed E-state index contributed by atoms with van der Waals surface area (Å²) in [4.78, 5) is 27.9. The molecule has 1 fully saturated rings. The highest BCUT2D eigenvalue weighted by atomic mass is 35.5. The smallest absolute Gasteiger partial charge is 0.459 e. The van der Waals surface area contributed by atoms with Crippen LogP contribution in [-0.4, -0.2) is 56.7 Å². The van der Waals surface area contributed by atoms with E-state index in [1.54, 1.807) is 32.0 Å². The quantitative estimate of drug-likeness (QED) is 0.226. The van der Waals surface area contributed by atoms with E-state index in [1.807, 2.05) is 0 Å². The molecule has 1 aromatic carbocycles. The van der Waals surface area contributed by atoms with Crippen molar-refractivity contribution in [3.05, 3.63) is 53.1 Å². The second-order valence-corrected chi connectivity index (χ2v) is 10.5. The van der Waals surface area contributed by atoms with Crippen LogP contribution in [0.2, 0.25) is 0 Å². The molecular formula is C21H27ClFN4O8P. The van der Waals surface area contributed by atoms with E-state index in [-0.39, 0.29) is 11.6 Å². The van der Waals surface area contributed by atoms with Gasteiger partial charge >= 0.3 is 19.4 Å². The number of hydrogen-bond acceptors (Lipinski definition) is 10. The van der Waals surface area contributed by atoms with Gasteiger partial charge in [0.2, 0.25) is 0 Å². The molecule has 0 spiro atoms. The number of nitrogen functional groups attached to an aromatic ring is 1. The number of anilines is 1. The molecule has 2 aromatic rings. The fourth-order valence-electron chi connectivity index (χ4n) is 3.22. The van der Waals surface area contributed by atoms with Gasteiger partial charge in [-0.05, 0) is 39.0 Å². The van der Waals surface area contributed by atoms with Gasteiger partial charge in [0.05, 0.1) is 12.7 Å². The molecule has 15 heteroatoms. The van der Waals surface area contributed by atoms with Gasteiger partial charge in [0, 0.05) is 6.20 Å². The standard InChI is InChI=1S/C21H27ClFN4O8P/c1-12(2)33-18(29)13(3)26-36(31,35-14-7-5-4-6-8-14)32-11-15-17(28)21(22,23)19(34-15)27-10-9-16(24)25-20(27)30/h4-10,12-13,15,17,19,28H,11H2,1-3H3,(H,26,31)(H2,24,25,30)/t13-,15+,17+,19?,21+,36?/m0/s1. The minimum Gasteiger partial charge on any atom is -0.462 e. The number of aliphatic hydroxyl groups excluding tert-OH is 1. The zero-order valence-corrected chi connectivity index (χ0v) is 21.3. The van der Waals surface area contributed by atoms with Crippen molar-refractivity contribution in [1.29, 1.82) is 0 Å². The lowest BCUT2D eigenvalue weighted by atomic mass is 10.1. The maximum atomic E-state index is 15.2. The number of rotatable bonds is 10. The number of nitrogens with two attached hydrogens (primary N) is 1. The number of carbonyl (C=O) groups is 1. The summed E-state index contributed by atoms with van der Waals surface area (Å²) in [5.41, 5.74) is 4.48. The van der Waals surface area contributed by atoms with E-state index < -0.39 is 61.7 Å². The molecule has 0 radical (unpaired) electrons. The van der Waals surface area contributed by atoms with Crippen molar-refractivity contribution >= 4 is 31.1 Å². The monoisotopic (exact) mass is 548 g/mol. The molecule has 1 aliphatic heterocycles. The molecule has 0 saturated carbocycles. The molecule has 198 valence electrons. The molecule has 1 saturated heterocycles. The van der Waals surface area contributed by atoms with E-state index >= 15 is 4.39 Å². The highest BCUT2D eigenvalue weighted by molar-refractivity contribution is 7.52. The molecule has 1 aliphatic rings. The summed E-state index contributed by atoms with van der Waals surface area (Å²) in [6.07, 6.45) is -4.62. The van der Waals surface area contributed by atoms with Gasteiger partial charge in [0.25, 0.3) is 5.13 Å². The van der Waals surface area contributed by atoms with E-state index in [4.69, 9.17) is 35.9 Å². The van der Waals surface area contributed by atoms with Crippen LogP contribution in [0, 0.1) is 0 Å². The molecule has 4 N–H and O–H groups in total. The summed E-state index contributed by atoms with van der Waals surface area (Å²) >= 11 is 5.89. The minimum absolute atomic E-state index is 0.108. The summed E-state index contributed by atoms with van der Waals surface area (Å²) in [5.74, 6) is -0.689. The second kappa shape index (κ2) is 11.2. The fraction of sp³-hybridized carbons (Fsp3) is 0.476. The number of benzene rings is 1. The summed E-state index contributed by atoms with van der Waals surface area (Å²) in [7, 11) is -4.33. The van der Waals surface area contributed by atoms with Gasteiger partial charge in [0.15, 0.2) is 6.23 Å². The maximum absolute atomic E-state index is 15.2. The second-order valence-electron chi connectivity index (χ2n) is 8.22. The minimum atomic E-state index is -4.33. The van der Waals surface area contributed by atoms with Crippen LogP contribution in [0.1, 0.15) is 27.0 Å². The van der Waals surface area contributed by atoms with E-state index in [2.05, 4.69) is 10.1 Å². The number of ether oxygens (including phenoxy) is 2. The van der Waals surface area contributed by atoms with E-state index in [0.717, 1.165) is 10.8 Å². The number of carbonyl (C=O) groups excluding carboxylic acids is 1. The highest BCUT2D eigenvalue weighted by Gasteiger charge is 2.58. The van der Waals surface area contributed by atoms with Gasteiger partial charge in [-0.2, -0.15) is 10.1 Å². The zero-order valence-electron chi connectivity index (χ0n) is 19.6. The van der Waals surface area contributed by atoms with E-state index in [9.17, 15) is 19.3 Å². The number of hydrogen-bond donors (Lipinski definition) is 3. The molecule has 0 bridgehead atoms. The predicted octanol–water partition coefficient (Wildman–Crippen LogP) is 2.12. The summed E-state index contributed by atoms with van der Waals surface area (Å²) in [5, 5.41) is 9.94. The van der Waals surface area contributed by atoms with Gasteiger partial charge < -0.3 is 24.8 Å². The Labute approximate surface area is 211 Å². The van der Waals surface area contributed by atoms with Crippen molar-refractivity contribution in [1.82, 2.24) is 14.6 Å². The van der Waals surface area contributed by atoms with Crippen LogP contribution >= 0.6 is 19.3 Å². The van der Waals surface area contributed by atoms with Gasteiger partial charge in [-0.15, -0.1) is 0 Å². The number of para-hydroxylation sites is 1. The summed E-state index contributed by atoms with van der Waals surface area (Å²) < 4.78 is 51.0. The van der Waals surface area contributed by atoms with Crippen LogP contribution in [0.15, 0.2) is 47.4 Å². The molecular weight excluding hydrogens is 522 g/mol. The molecule has 12 nitrogen and oxygen atoms in total. The first-order valence-corrected chi connectivity index (χ1v) is 12.8. The number of alkyl halides is 2. The van der Waals surface area contributed by atoms with Crippen LogP contribution in [0.4, 0.5) is 10.2 Å². The number of aromatic nitrogens is 2. The van der Waals surface area contributed by atoms with Crippen LogP contribution in [0.5, 0.6) is 5.75 Å². The molecule has 2 heterocycles. The third-order valence-corrected chi connectivity index (χ3v) is 6.97. The van der Waals surface area contributed by atoms with Crippen LogP contribution in [-0.2, 0) is 23.4 Å². The average Bonchev–Trinajstić information content (AvgIpc) is 3.01. The van der Waals surface area contributed by atoms with E-state index in [1.165, 1.54) is 25.1 Å². The van der Waals surface area contributed by atoms with Gasteiger partial charge in [0.1, 0.15) is 29.8 Å². The summed E-state index contributed by atoms with van der Waals surface area (Å²) in [6.45, 7) is 3.98. The van der Waals surface area contributed by atoms with Crippen molar-refractivity contribution in [3.8, 4) is 5.75 Å². The van der Waals surface area contributed by atoms with Crippen molar-refractivity contribution in [2.75, 3.05) is 12.3 Å². The normalized spacial score (nSPS) is 26.4. The number of aliphatic hydroxyl groups is 1. The van der Waals surface area contributed by atoms with Crippen LogP contribution in [0.3, 0.4) is 0 Å². The SMILES string of the molecule is CC(C)OC(=O)[C@H](C)NP(=O)(OC[C@H]1OC(n2ccc(N)nc2=O)[C@@](F)(Cl)[C@@H]1O)Oc1ccccc1. The predicted molar refractivity (Wildman–Crippen MR) is 127 cm³/mol. The lowest BCUT2D eigenvalue weighted by Gasteiger charge is -2.25. The first kappa shape index (κ1) is 28.0. The average molecular weight is 549 g/mol. The topological polar surface area (TPSA) is 164 Å². The lowest BCUT2D eigenvalue weighted by molar-refractivity contribution is -0.149. The van der Waals surface area contributed by atoms with Crippen molar-refractivity contribution in [2.24, 2.45) is 0 Å². The number of nitrogens with zero attached hydrogens (tertiary/aromatic N) is 2. The summed E-state index contributed by atoms with van der Waals surface area (Å²) in [6, 6.07) is 8.03. The molecule has 2 unspecified atom stereocenters. The van der Waals surface area contributed by atoms with Crippen molar-refractivity contribution in [3.63, 3.8) is 0 Å². The largest absolute Gasteiger partial charge is 0.462 e. The Hall–Kier alpha value is -2.54. The Kier molecular flexibility index (Phi) is 8.75. The Morgan fingerprint density at radius 3 is 2.64 bits per heavy atom. The Balaban J connectivity index is 1.79. The molecule has 0 aliphatic carbocycles. The maximum Gasteiger partial charge on any atom is 0.459 e.